The highest BCUT2D eigenvalue weighted by Crippen LogP contribution is 2.58. The number of benzene rings is 1. The summed E-state index contributed by atoms with van der Waals surface area (Å²) in [5.41, 5.74) is 2.00. The molecule has 1 atom stereocenters. The Bertz CT molecular complexity index is 626. The van der Waals surface area contributed by atoms with Crippen LogP contribution in [0, 0.1) is 18.3 Å². The fraction of sp³-hybridized carbons (Fsp3) is 0.529. The van der Waals surface area contributed by atoms with Gasteiger partial charge in [0.2, 0.25) is 11.8 Å². The van der Waals surface area contributed by atoms with Gasteiger partial charge in [-0.2, -0.15) is 0 Å². The highest BCUT2D eigenvalue weighted by molar-refractivity contribution is 9.10. The molecule has 5 nitrogen and oxygen atoms in total. The molecule has 1 spiro atoms. The van der Waals surface area contributed by atoms with E-state index in [0.29, 0.717) is 0 Å². The molecule has 0 bridgehead atoms. The van der Waals surface area contributed by atoms with Crippen molar-refractivity contribution in [3.05, 3.63) is 28.2 Å². The molecule has 2 fully saturated rings. The SMILES string of the molecule is Cc1cc(NC(=O)CNC(=O)C2CC23CCNCC3)ccc1Br. The zero-order chi connectivity index (χ0) is 16.4. The molecule has 1 heterocycles. The van der Waals surface area contributed by atoms with Gasteiger partial charge in [-0.3, -0.25) is 9.59 Å². The first-order valence-electron chi connectivity index (χ1n) is 8.05. The van der Waals surface area contributed by atoms with Crippen molar-refractivity contribution in [2.75, 3.05) is 25.0 Å². The number of hydrogen-bond acceptors (Lipinski definition) is 3. The average Bonchev–Trinajstić information content (AvgIpc) is 3.22. The predicted octanol–water partition coefficient (Wildman–Crippen LogP) is 2.20. The smallest absolute Gasteiger partial charge is 0.243 e. The molecule has 1 saturated heterocycles. The standard InChI is InChI=1S/C17H22BrN3O2/c1-11-8-12(2-3-14(11)18)21-15(22)10-20-16(23)13-9-17(13)4-6-19-7-5-17/h2-3,8,13,19H,4-7,9-10H2,1H3,(H,20,23)(H,21,22). The number of halogens is 1. The number of hydrogen-bond donors (Lipinski definition) is 3. The van der Waals surface area contributed by atoms with E-state index in [2.05, 4.69) is 31.9 Å². The molecular formula is C17H22BrN3O2. The zero-order valence-electron chi connectivity index (χ0n) is 13.2. The van der Waals surface area contributed by atoms with Gasteiger partial charge in [0.1, 0.15) is 0 Å². The minimum atomic E-state index is -0.194. The Kier molecular flexibility index (Phi) is 4.73. The first-order valence-corrected chi connectivity index (χ1v) is 8.84. The van der Waals surface area contributed by atoms with Crippen molar-refractivity contribution in [2.24, 2.45) is 11.3 Å². The average molecular weight is 380 g/mol. The molecule has 1 unspecified atom stereocenters. The highest BCUT2D eigenvalue weighted by atomic mass is 79.9. The number of rotatable bonds is 4. The van der Waals surface area contributed by atoms with Crippen LogP contribution in [-0.4, -0.2) is 31.4 Å². The maximum Gasteiger partial charge on any atom is 0.243 e. The predicted molar refractivity (Wildman–Crippen MR) is 93.2 cm³/mol. The summed E-state index contributed by atoms with van der Waals surface area (Å²) in [6.45, 7) is 3.98. The van der Waals surface area contributed by atoms with Gasteiger partial charge in [0, 0.05) is 16.1 Å². The van der Waals surface area contributed by atoms with E-state index >= 15 is 0 Å². The van der Waals surface area contributed by atoms with Gasteiger partial charge in [0.15, 0.2) is 0 Å². The highest BCUT2D eigenvalue weighted by Gasteiger charge is 2.57. The van der Waals surface area contributed by atoms with Crippen LogP contribution in [0.15, 0.2) is 22.7 Å². The second-order valence-corrected chi connectivity index (χ2v) is 7.45. The van der Waals surface area contributed by atoms with Crippen LogP contribution in [0.4, 0.5) is 5.69 Å². The van der Waals surface area contributed by atoms with Gasteiger partial charge in [0.05, 0.1) is 6.54 Å². The van der Waals surface area contributed by atoms with Crippen molar-refractivity contribution < 1.29 is 9.59 Å². The Hall–Kier alpha value is -1.40. The molecule has 2 aliphatic rings. The number of piperidine rings is 1. The first-order chi connectivity index (χ1) is 11.0. The normalized spacial score (nSPS) is 21.7. The summed E-state index contributed by atoms with van der Waals surface area (Å²) in [7, 11) is 0. The van der Waals surface area contributed by atoms with Gasteiger partial charge in [-0.15, -0.1) is 0 Å². The number of nitrogens with one attached hydrogen (secondary N) is 3. The van der Waals surface area contributed by atoms with E-state index in [1.54, 1.807) is 0 Å². The summed E-state index contributed by atoms with van der Waals surface area (Å²) in [4.78, 5) is 24.2. The lowest BCUT2D eigenvalue weighted by Crippen LogP contribution is -2.37. The van der Waals surface area contributed by atoms with Gasteiger partial charge in [-0.1, -0.05) is 15.9 Å². The van der Waals surface area contributed by atoms with Gasteiger partial charge in [-0.05, 0) is 68.5 Å². The van der Waals surface area contributed by atoms with Gasteiger partial charge in [-0.25, -0.2) is 0 Å². The minimum Gasteiger partial charge on any atom is -0.347 e. The van der Waals surface area contributed by atoms with E-state index in [0.717, 1.165) is 48.1 Å². The third-order valence-corrected chi connectivity index (χ3v) is 5.86. The lowest BCUT2D eigenvalue weighted by molar-refractivity contribution is -0.125. The molecule has 0 aromatic heterocycles. The molecule has 6 heteroatoms. The Morgan fingerprint density at radius 2 is 2.09 bits per heavy atom. The minimum absolute atomic E-state index is 0.0223. The van der Waals surface area contributed by atoms with Crippen molar-refractivity contribution in [1.29, 1.82) is 0 Å². The van der Waals surface area contributed by atoms with E-state index in [-0.39, 0.29) is 29.7 Å². The number of anilines is 1. The van der Waals surface area contributed by atoms with Crippen LogP contribution in [0.2, 0.25) is 0 Å². The molecule has 1 aliphatic heterocycles. The van der Waals surface area contributed by atoms with Crippen LogP contribution >= 0.6 is 15.9 Å². The topological polar surface area (TPSA) is 70.2 Å². The maximum absolute atomic E-state index is 12.2. The van der Waals surface area contributed by atoms with Crippen molar-refractivity contribution >= 4 is 33.4 Å². The molecule has 124 valence electrons. The number of carbonyl (C=O) groups is 2. The van der Waals surface area contributed by atoms with Crippen molar-refractivity contribution in [1.82, 2.24) is 10.6 Å². The number of aryl methyl sites for hydroxylation is 1. The van der Waals surface area contributed by atoms with Crippen LogP contribution in [0.5, 0.6) is 0 Å². The summed E-state index contributed by atoms with van der Waals surface area (Å²) >= 11 is 3.43. The maximum atomic E-state index is 12.2. The summed E-state index contributed by atoms with van der Waals surface area (Å²) in [5.74, 6) is -0.0820. The Balaban J connectivity index is 1.46. The van der Waals surface area contributed by atoms with E-state index in [1.807, 2.05) is 25.1 Å². The van der Waals surface area contributed by atoms with Crippen LogP contribution in [0.1, 0.15) is 24.8 Å². The zero-order valence-corrected chi connectivity index (χ0v) is 14.8. The quantitative estimate of drug-likeness (QED) is 0.750. The largest absolute Gasteiger partial charge is 0.347 e. The third-order valence-electron chi connectivity index (χ3n) is 4.97. The molecule has 3 rings (SSSR count). The van der Waals surface area contributed by atoms with Crippen molar-refractivity contribution in [3.63, 3.8) is 0 Å². The number of amides is 2. The molecule has 3 N–H and O–H groups in total. The molecule has 23 heavy (non-hydrogen) atoms. The monoisotopic (exact) mass is 379 g/mol. The summed E-state index contributed by atoms with van der Waals surface area (Å²) < 4.78 is 1.00. The Morgan fingerprint density at radius 1 is 1.35 bits per heavy atom. The van der Waals surface area contributed by atoms with E-state index < -0.39 is 0 Å². The summed E-state index contributed by atoms with van der Waals surface area (Å²) in [6.07, 6.45) is 3.10. The molecule has 0 radical (unpaired) electrons. The summed E-state index contributed by atoms with van der Waals surface area (Å²) in [6, 6.07) is 5.63. The first kappa shape index (κ1) is 16.5. The van der Waals surface area contributed by atoms with E-state index in [1.165, 1.54) is 0 Å². The van der Waals surface area contributed by atoms with Gasteiger partial charge < -0.3 is 16.0 Å². The molecular weight excluding hydrogens is 358 g/mol. The lowest BCUT2D eigenvalue weighted by Gasteiger charge is -2.23. The Morgan fingerprint density at radius 3 is 2.78 bits per heavy atom. The second-order valence-electron chi connectivity index (χ2n) is 6.60. The van der Waals surface area contributed by atoms with Gasteiger partial charge in [0.25, 0.3) is 0 Å². The molecule has 1 aromatic rings. The van der Waals surface area contributed by atoms with Crippen molar-refractivity contribution in [2.45, 2.75) is 26.2 Å². The molecule has 1 saturated carbocycles. The van der Waals surface area contributed by atoms with Gasteiger partial charge >= 0.3 is 0 Å². The van der Waals surface area contributed by atoms with Crippen LogP contribution < -0.4 is 16.0 Å². The fourth-order valence-corrected chi connectivity index (χ4v) is 3.66. The van der Waals surface area contributed by atoms with Crippen LogP contribution in [-0.2, 0) is 9.59 Å². The van der Waals surface area contributed by atoms with E-state index in [4.69, 9.17) is 0 Å². The Labute approximate surface area is 144 Å². The number of carbonyl (C=O) groups excluding carboxylic acids is 2. The summed E-state index contributed by atoms with van der Waals surface area (Å²) in [5, 5.41) is 8.92. The van der Waals surface area contributed by atoms with Crippen LogP contribution in [0.25, 0.3) is 0 Å². The van der Waals surface area contributed by atoms with E-state index in [9.17, 15) is 9.59 Å². The molecule has 2 amide bonds. The van der Waals surface area contributed by atoms with Crippen LogP contribution in [0.3, 0.4) is 0 Å². The molecule has 1 aliphatic carbocycles. The fourth-order valence-electron chi connectivity index (χ4n) is 3.41. The lowest BCUT2D eigenvalue weighted by atomic mass is 9.92. The second kappa shape index (κ2) is 6.61. The molecule has 1 aromatic carbocycles. The third kappa shape index (κ3) is 3.75. The van der Waals surface area contributed by atoms with Crippen molar-refractivity contribution in [3.8, 4) is 0 Å².